The fraction of sp³-hybridized carbons (Fsp3) is 0.489. The van der Waals surface area contributed by atoms with Crippen molar-refractivity contribution in [3.05, 3.63) is 118 Å². The van der Waals surface area contributed by atoms with E-state index in [1.807, 2.05) is 37.3 Å². The van der Waals surface area contributed by atoms with Gasteiger partial charge in [-0.3, -0.25) is 4.79 Å². The number of aryl methyl sites for hydroxylation is 2. The lowest BCUT2D eigenvalue weighted by Crippen LogP contribution is -2.09. The zero-order valence-electron chi connectivity index (χ0n) is 31.0. The van der Waals surface area contributed by atoms with Crippen molar-refractivity contribution in [1.82, 2.24) is 0 Å². The van der Waals surface area contributed by atoms with Crippen molar-refractivity contribution >= 4 is 12.0 Å². The number of hydrogen-bond acceptors (Lipinski definition) is 2. The minimum atomic E-state index is 0.159. The highest BCUT2D eigenvalue weighted by molar-refractivity contribution is 5.96. The van der Waals surface area contributed by atoms with Crippen LogP contribution in [-0.4, -0.2) is 12.0 Å². The summed E-state index contributed by atoms with van der Waals surface area (Å²) in [7, 11) is 0. The highest BCUT2D eigenvalue weighted by atomic mass is 16.1. The summed E-state index contributed by atoms with van der Waals surface area (Å²) in [5, 5.41) is 7.23. The first-order chi connectivity index (χ1) is 23.6. The maximum atomic E-state index is 13.4. The molecule has 0 aromatic heterocycles. The summed E-state index contributed by atoms with van der Waals surface area (Å²) >= 11 is 0. The van der Waals surface area contributed by atoms with Gasteiger partial charge in [0.05, 0.1) is 0 Å². The van der Waals surface area contributed by atoms with Gasteiger partial charge in [0.25, 0.3) is 0 Å². The molecule has 2 aliphatic rings. The van der Waals surface area contributed by atoms with Crippen LogP contribution in [-0.2, 0) is 12.8 Å². The molecule has 0 amide bonds. The number of carbonyl (C=O) groups is 1. The van der Waals surface area contributed by atoms with Crippen LogP contribution in [0.5, 0.6) is 0 Å². The molecule has 49 heavy (non-hydrogen) atoms. The molecule has 4 rings (SSSR count). The summed E-state index contributed by atoms with van der Waals surface area (Å²) in [5.41, 5.74) is 10.2. The van der Waals surface area contributed by atoms with Crippen molar-refractivity contribution in [1.29, 1.82) is 5.41 Å². The molecular weight excluding hydrogens is 595 g/mol. The van der Waals surface area contributed by atoms with E-state index in [0.717, 1.165) is 70.4 Å². The van der Waals surface area contributed by atoms with Crippen molar-refractivity contribution in [3.8, 4) is 11.8 Å². The number of benzene rings is 2. The Balaban J connectivity index is 1.37. The Morgan fingerprint density at radius 3 is 2.39 bits per heavy atom. The van der Waals surface area contributed by atoms with Crippen LogP contribution < -0.4 is 0 Å². The predicted molar refractivity (Wildman–Crippen MR) is 211 cm³/mol. The first-order valence-corrected chi connectivity index (χ1v) is 19.1. The van der Waals surface area contributed by atoms with E-state index in [1.54, 1.807) is 17.2 Å². The summed E-state index contributed by atoms with van der Waals surface area (Å²) in [6, 6.07) is 13.2. The predicted octanol–water partition coefficient (Wildman–Crippen LogP) is 12.6. The van der Waals surface area contributed by atoms with Crippen LogP contribution in [0.1, 0.15) is 148 Å². The summed E-state index contributed by atoms with van der Waals surface area (Å²) in [4.78, 5) is 13.4. The van der Waals surface area contributed by atoms with E-state index in [1.165, 1.54) is 82.4 Å². The van der Waals surface area contributed by atoms with E-state index in [4.69, 9.17) is 5.41 Å². The molecule has 2 fully saturated rings. The Hall–Kier alpha value is -3.70. The molecule has 0 spiro atoms. The van der Waals surface area contributed by atoms with E-state index < -0.39 is 0 Å². The highest BCUT2D eigenvalue weighted by Crippen LogP contribution is 2.43. The van der Waals surface area contributed by atoms with E-state index >= 15 is 0 Å². The van der Waals surface area contributed by atoms with Crippen LogP contribution in [0.3, 0.4) is 0 Å². The van der Waals surface area contributed by atoms with Crippen LogP contribution in [0.25, 0.3) is 0 Å². The van der Waals surface area contributed by atoms with Crippen LogP contribution in [0, 0.1) is 41.9 Å². The summed E-state index contributed by atoms with van der Waals surface area (Å²) in [6.45, 7) is 16.8. The third kappa shape index (κ3) is 12.9. The standard InChI is InChI=1S/C47H61NO/c1-34(2)29-42(38(6)30-36(4)15-12-28-48)26-27-43-33-45(22-20-37(43)5)47(49)19-11-18-40-21-23-44(46(32-40)41-24-25-41)31-39-16-9-7-13-35(3)14-8-10-17-39/h12,15,20-23,28-29,32-33,35,38-39,41,48H,1,4,7-11,13-14,16-19,24-25,30-31H2,2-3,5-6H3. The summed E-state index contributed by atoms with van der Waals surface area (Å²) in [5.74, 6) is 9.60. The van der Waals surface area contributed by atoms with Gasteiger partial charge in [-0.2, -0.15) is 0 Å². The maximum Gasteiger partial charge on any atom is 0.162 e. The van der Waals surface area contributed by atoms with Crippen molar-refractivity contribution in [3.63, 3.8) is 0 Å². The molecule has 2 aromatic rings. The molecule has 0 heterocycles. The molecule has 0 saturated heterocycles. The third-order valence-electron chi connectivity index (χ3n) is 10.6. The smallest absolute Gasteiger partial charge is 0.162 e. The molecule has 1 atom stereocenters. The quantitative estimate of drug-likeness (QED) is 0.0935. The molecular formula is C47H61NO. The average molecular weight is 656 g/mol. The third-order valence-corrected chi connectivity index (χ3v) is 10.6. The molecule has 2 heteroatoms. The van der Waals surface area contributed by atoms with E-state index in [-0.39, 0.29) is 11.7 Å². The molecule has 0 aliphatic heterocycles. The monoisotopic (exact) mass is 655 g/mol. The van der Waals surface area contributed by atoms with Crippen LogP contribution in [0.4, 0.5) is 0 Å². The molecule has 0 bridgehead atoms. The lowest BCUT2D eigenvalue weighted by molar-refractivity contribution is 0.0980. The van der Waals surface area contributed by atoms with Gasteiger partial charge in [0.15, 0.2) is 5.78 Å². The zero-order chi connectivity index (χ0) is 35.2. The molecule has 2 aromatic carbocycles. The second kappa shape index (κ2) is 19.5. The van der Waals surface area contributed by atoms with Gasteiger partial charge in [0, 0.05) is 29.3 Å². The minimum Gasteiger partial charge on any atom is -0.309 e. The molecule has 1 N–H and O–H groups in total. The summed E-state index contributed by atoms with van der Waals surface area (Å²) in [6.07, 6.45) is 25.1. The SMILES string of the molecule is C=C(C)C=C(C#Cc1cc(C(=O)CCCc2ccc(CC3CCCCC(C)CCCC3)c(C3CC3)c2)ccc1C)C(C)CC(=C)C=CC=N. The van der Waals surface area contributed by atoms with Gasteiger partial charge < -0.3 is 5.41 Å². The fourth-order valence-electron chi connectivity index (χ4n) is 7.41. The lowest BCUT2D eigenvalue weighted by Gasteiger charge is -2.22. The van der Waals surface area contributed by atoms with Gasteiger partial charge in [-0.1, -0.05) is 138 Å². The minimum absolute atomic E-state index is 0.159. The van der Waals surface area contributed by atoms with Crippen LogP contribution >= 0.6 is 0 Å². The Morgan fingerprint density at radius 2 is 1.71 bits per heavy atom. The Labute approximate surface area is 298 Å². The second-order valence-electron chi connectivity index (χ2n) is 15.3. The second-order valence-corrected chi connectivity index (χ2v) is 15.3. The van der Waals surface area contributed by atoms with Crippen molar-refractivity contribution in [2.75, 3.05) is 0 Å². The molecule has 2 nitrogen and oxygen atoms in total. The number of allylic oxidation sites excluding steroid dienone is 6. The lowest BCUT2D eigenvalue weighted by atomic mass is 9.84. The molecule has 1 unspecified atom stereocenters. The molecule has 2 aliphatic carbocycles. The average Bonchev–Trinajstić information content (AvgIpc) is 3.92. The Bertz CT molecular complexity index is 1570. The first-order valence-electron chi connectivity index (χ1n) is 19.1. The highest BCUT2D eigenvalue weighted by Gasteiger charge is 2.27. The number of Topliss-reactive ketones (excluding diaryl/α,β-unsaturated/α-hetero) is 1. The number of nitrogens with one attached hydrogen (secondary N) is 1. The van der Waals surface area contributed by atoms with Crippen LogP contribution in [0.2, 0.25) is 0 Å². The molecule has 260 valence electrons. The molecule has 2 saturated carbocycles. The van der Waals surface area contributed by atoms with Gasteiger partial charge >= 0.3 is 0 Å². The van der Waals surface area contributed by atoms with Gasteiger partial charge in [-0.15, -0.1) is 0 Å². The zero-order valence-corrected chi connectivity index (χ0v) is 31.0. The number of carbonyl (C=O) groups excluding carboxylic acids is 1. The fourth-order valence-corrected chi connectivity index (χ4v) is 7.41. The van der Waals surface area contributed by atoms with Crippen LogP contribution in [0.15, 0.2) is 84.5 Å². The molecule has 0 radical (unpaired) electrons. The Kier molecular flexibility index (Phi) is 15.1. The number of hydrogen-bond donors (Lipinski definition) is 1. The Morgan fingerprint density at radius 1 is 1.00 bits per heavy atom. The van der Waals surface area contributed by atoms with Crippen molar-refractivity contribution in [2.45, 2.75) is 130 Å². The van der Waals surface area contributed by atoms with E-state index in [0.29, 0.717) is 6.42 Å². The topological polar surface area (TPSA) is 40.9 Å². The largest absolute Gasteiger partial charge is 0.309 e. The summed E-state index contributed by atoms with van der Waals surface area (Å²) < 4.78 is 0. The van der Waals surface area contributed by atoms with E-state index in [9.17, 15) is 4.79 Å². The normalized spacial score (nSPS) is 19.5. The van der Waals surface area contributed by atoms with Crippen molar-refractivity contribution < 1.29 is 4.79 Å². The van der Waals surface area contributed by atoms with Gasteiger partial charge in [0.1, 0.15) is 0 Å². The number of rotatable bonds is 14. The van der Waals surface area contributed by atoms with Gasteiger partial charge in [0.2, 0.25) is 0 Å². The van der Waals surface area contributed by atoms with Gasteiger partial charge in [-0.25, -0.2) is 0 Å². The number of ketones is 1. The van der Waals surface area contributed by atoms with Gasteiger partial charge in [-0.05, 0) is 117 Å². The first kappa shape index (κ1) is 38.1. The van der Waals surface area contributed by atoms with Crippen molar-refractivity contribution in [2.24, 2.45) is 17.8 Å². The van der Waals surface area contributed by atoms with E-state index in [2.05, 4.69) is 64.0 Å². The maximum absolute atomic E-state index is 13.4.